The molecule has 0 unspecified atom stereocenters. The molecule has 4 heteroatoms. The molecule has 2 aromatic rings. The maximum Gasteiger partial charge on any atom is 0.352 e. The molecule has 0 saturated carbocycles. The Hall–Kier alpha value is -1.84. The lowest BCUT2D eigenvalue weighted by Crippen LogP contribution is -2.14. The first kappa shape index (κ1) is 11.6. The Bertz CT molecular complexity index is 591. The number of rotatable bonds is 1. The van der Waals surface area contributed by atoms with Crippen LogP contribution in [0.1, 0.15) is 42.6 Å². The summed E-state index contributed by atoms with van der Waals surface area (Å²) in [7, 11) is 0. The Kier molecular flexibility index (Phi) is 2.45. The van der Waals surface area contributed by atoms with Gasteiger partial charge in [-0.05, 0) is 19.1 Å². The number of aryl methyl sites for hydroxylation is 1. The fourth-order valence-corrected chi connectivity index (χ4v) is 2.12. The predicted octanol–water partition coefficient (Wildman–Crippen LogP) is 2.64. The van der Waals surface area contributed by atoms with Gasteiger partial charge in [-0.2, -0.15) is 0 Å². The van der Waals surface area contributed by atoms with Crippen molar-refractivity contribution in [2.45, 2.75) is 33.1 Å². The van der Waals surface area contributed by atoms with Crippen LogP contribution in [0.15, 0.2) is 18.2 Å². The maximum atomic E-state index is 11.2. The van der Waals surface area contributed by atoms with Crippen LogP contribution in [-0.2, 0) is 5.41 Å². The Morgan fingerprint density at radius 1 is 1.35 bits per heavy atom. The topological polar surface area (TPSA) is 54.6 Å². The highest BCUT2D eigenvalue weighted by Gasteiger charge is 2.23. The van der Waals surface area contributed by atoms with E-state index in [1.807, 2.05) is 13.0 Å². The van der Waals surface area contributed by atoms with Crippen LogP contribution >= 0.6 is 0 Å². The lowest BCUT2D eigenvalue weighted by atomic mass is 9.91. The third kappa shape index (κ3) is 1.79. The van der Waals surface area contributed by atoms with E-state index in [1.54, 1.807) is 16.5 Å². The third-order valence-electron chi connectivity index (χ3n) is 2.80. The SMILES string of the molecule is Cc1c(C(C)(C)C)nc2cccc(C(=O)O)n12. The zero-order chi connectivity index (χ0) is 12.8. The summed E-state index contributed by atoms with van der Waals surface area (Å²) in [4.78, 5) is 15.7. The van der Waals surface area contributed by atoms with E-state index in [0.29, 0.717) is 5.65 Å². The van der Waals surface area contributed by atoms with E-state index in [9.17, 15) is 9.90 Å². The second-order valence-electron chi connectivity index (χ2n) is 5.21. The van der Waals surface area contributed by atoms with Gasteiger partial charge in [0.05, 0.1) is 5.69 Å². The van der Waals surface area contributed by atoms with Gasteiger partial charge in [-0.25, -0.2) is 9.78 Å². The first-order valence-corrected chi connectivity index (χ1v) is 5.54. The number of pyridine rings is 1. The quantitative estimate of drug-likeness (QED) is 0.822. The number of aromatic nitrogens is 2. The van der Waals surface area contributed by atoms with E-state index in [0.717, 1.165) is 11.4 Å². The number of carboxylic acids is 1. The molecule has 0 spiro atoms. The first-order valence-electron chi connectivity index (χ1n) is 5.54. The van der Waals surface area contributed by atoms with Crippen molar-refractivity contribution >= 4 is 11.6 Å². The Morgan fingerprint density at radius 3 is 2.53 bits per heavy atom. The van der Waals surface area contributed by atoms with Crippen LogP contribution in [0, 0.1) is 6.92 Å². The molecule has 0 radical (unpaired) electrons. The molecule has 0 aliphatic heterocycles. The zero-order valence-electron chi connectivity index (χ0n) is 10.5. The number of carbonyl (C=O) groups is 1. The number of fused-ring (bicyclic) bond motifs is 1. The van der Waals surface area contributed by atoms with Gasteiger partial charge in [-0.15, -0.1) is 0 Å². The van der Waals surface area contributed by atoms with Crippen molar-refractivity contribution in [3.05, 3.63) is 35.3 Å². The molecule has 1 N–H and O–H groups in total. The number of hydrogen-bond acceptors (Lipinski definition) is 2. The van der Waals surface area contributed by atoms with Gasteiger partial charge in [0.25, 0.3) is 0 Å². The molecule has 0 saturated heterocycles. The average molecular weight is 232 g/mol. The Balaban J connectivity index is 2.84. The minimum atomic E-state index is -0.934. The fourth-order valence-electron chi connectivity index (χ4n) is 2.12. The Labute approximate surface area is 99.9 Å². The minimum Gasteiger partial charge on any atom is -0.477 e. The van der Waals surface area contributed by atoms with Crippen LogP contribution in [0.25, 0.3) is 5.65 Å². The number of aromatic carboxylic acids is 1. The summed E-state index contributed by atoms with van der Waals surface area (Å²) < 4.78 is 1.70. The molecule has 0 aliphatic rings. The van der Waals surface area contributed by atoms with Crippen LogP contribution < -0.4 is 0 Å². The van der Waals surface area contributed by atoms with E-state index in [4.69, 9.17) is 0 Å². The van der Waals surface area contributed by atoms with Gasteiger partial charge >= 0.3 is 5.97 Å². The summed E-state index contributed by atoms with van der Waals surface area (Å²) in [6, 6.07) is 5.14. The molecule has 0 bridgehead atoms. The number of imidazole rings is 1. The largest absolute Gasteiger partial charge is 0.477 e. The van der Waals surface area contributed by atoms with Crippen LogP contribution in [0.2, 0.25) is 0 Å². The minimum absolute atomic E-state index is 0.0914. The average Bonchev–Trinajstić information content (AvgIpc) is 2.55. The summed E-state index contributed by atoms with van der Waals surface area (Å²) in [5.41, 5.74) is 2.68. The van der Waals surface area contributed by atoms with Crippen molar-refractivity contribution in [3.63, 3.8) is 0 Å². The van der Waals surface area contributed by atoms with Crippen LogP contribution in [0.4, 0.5) is 0 Å². The highest BCUT2D eigenvalue weighted by atomic mass is 16.4. The summed E-state index contributed by atoms with van der Waals surface area (Å²) in [6.45, 7) is 8.12. The highest BCUT2D eigenvalue weighted by molar-refractivity contribution is 5.86. The molecule has 2 aromatic heterocycles. The van der Waals surface area contributed by atoms with Crippen molar-refractivity contribution in [1.82, 2.24) is 9.38 Å². The second kappa shape index (κ2) is 3.58. The predicted molar refractivity (Wildman–Crippen MR) is 65.6 cm³/mol. The summed E-state index contributed by atoms with van der Waals surface area (Å²) >= 11 is 0. The highest BCUT2D eigenvalue weighted by Crippen LogP contribution is 2.26. The molecular weight excluding hydrogens is 216 g/mol. The fraction of sp³-hybridized carbons (Fsp3) is 0.385. The molecule has 17 heavy (non-hydrogen) atoms. The van der Waals surface area contributed by atoms with E-state index >= 15 is 0 Å². The first-order chi connectivity index (χ1) is 7.82. The van der Waals surface area contributed by atoms with Gasteiger partial charge in [-0.3, -0.25) is 4.40 Å². The summed E-state index contributed by atoms with van der Waals surface area (Å²) in [5, 5.41) is 9.17. The van der Waals surface area contributed by atoms with Crippen LogP contribution in [0.3, 0.4) is 0 Å². The summed E-state index contributed by atoms with van der Waals surface area (Å²) in [5.74, 6) is -0.934. The van der Waals surface area contributed by atoms with Crippen LogP contribution in [0.5, 0.6) is 0 Å². The smallest absolute Gasteiger partial charge is 0.352 e. The second-order valence-corrected chi connectivity index (χ2v) is 5.21. The van der Waals surface area contributed by atoms with Gasteiger partial charge in [0.2, 0.25) is 0 Å². The van der Waals surface area contributed by atoms with Crippen molar-refractivity contribution in [1.29, 1.82) is 0 Å². The lowest BCUT2D eigenvalue weighted by Gasteiger charge is -2.16. The summed E-state index contributed by atoms with van der Waals surface area (Å²) in [6.07, 6.45) is 0. The van der Waals surface area contributed by atoms with E-state index in [1.165, 1.54) is 0 Å². The molecule has 90 valence electrons. The normalized spacial score (nSPS) is 12.0. The Morgan fingerprint density at radius 2 is 2.00 bits per heavy atom. The van der Waals surface area contributed by atoms with Gasteiger partial charge < -0.3 is 5.11 Å². The van der Waals surface area contributed by atoms with E-state index in [-0.39, 0.29) is 11.1 Å². The molecule has 0 fully saturated rings. The number of hydrogen-bond donors (Lipinski definition) is 1. The number of nitrogens with zero attached hydrogens (tertiary/aromatic N) is 2. The van der Waals surface area contributed by atoms with Gasteiger partial charge in [0, 0.05) is 11.1 Å². The maximum absolute atomic E-state index is 11.2. The molecule has 0 atom stereocenters. The van der Waals surface area contributed by atoms with Gasteiger partial charge in [0.1, 0.15) is 11.3 Å². The van der Waals surface area contributed by atoms with E-state index < -0.39 is 5.97 Å². The molecular formula is C13H16N2O2. The monoisotopic (exact) mass is 232 g/mol. The van der Waals surface area contributed by atoms with Crippen molar-refractivity contribution in [3.8, 4) is 0 Å². The zero-order valence-corrected chi connectivity index (χ0v) is 10.5. The molecule has 0 aliphatic carbocycles. The molecule has 4 nitrogen and oxygen atoms in total. The van der Waals surface area contributed by atoms with E-state index in [2.05, 4.69) is 25.8 Å². The van der Waals surface area contributed by atoms with Crippen LogP contribution in [-0.4, -0.2) is 20.5 Å². The molecule has 0 amide bonds. The standard InChI is InChI=1S/C13H16N2O2/c1-8-11(13(2,3)4)14-10-7-5-6-9(12(16)17)15(8)10/h5-7H,1-4H3,(H,16,17). The van der Waals surface area contributed by atoms with Crippen molar-refractivity contribution in [2.24, 2.45) is 0 Å². The van der Waals surface area contributed by atoms with Gasteiger partial charge in [-0.1, -0.05) is 26.8 Å². The van der Waals surface area contributed by atoms with Crippen molar-refractivity contribution in [2.75, 3.05) is 0 Å². The molecule has 0 aromatic carbocycles. The molecule has 2 rings (SSSR count). The molecule has 2 heterocycles. The third-order valence-corrected chi connectivity index (χ3v) is 2.80. The number of carboxylic acid groups (broad SMARTS) is 1. The lowest BCUT2D eigenvalue weighted by molar-refractivity contribution is 0.0688. The van der Waals surface area contributed by atoms with Gasteiger partial charge in [0.15, 0.2) is 0 Å². The van der Waals surface area contributed by atoms with Crippen molar-refractivity contribution < 1.29 is 9.90 Å².